The molecule has 0 bridgehead atoms. The monoisotopic (exact) mass is 200 g/mol. The molecule has 4 nitrogen and oxygen atoms in total. The van der Waals surface area contributed by atoms with Crippen molar-refractivity contribution in [1.82, 2.24) is 0 Å². The molecular weight excluding hydrogens is 187 g/mol. The first-order valence-corrected chi connectivity index (χ1v) is 4.21. The molecule has 0 heterocycles. The van der Waals surface area contributed by atoms with E-state index < -0.39 is 11.9 Å². The van der Waals surface area contributed by atoms with Crippen molar-refractivity contribution in [2.24, 2.45) is 5.73 Å². The maximum atomic E-state index is 12.8. The number of aliphatic hydroxyl groups excluding tert-OH is 1. The largest absolute Gasteiger partial charge is 0.505 e. The molecule has 5 heteroatoms. The van der Waals surface area contributed by atoms with Gasteiger partial charge in [-0.05, 0) is 12.5 Å². The summed E-state index contributed by atoms with van der Waals surface area (Å²) in [6.07, 6.45) is 0.290. The van der Waals surface area contributed by atoms with Gasteiger partial charge in [0, 0.05) is 18.2 Å². The second-order valence-corrected chi connectivity index (χ2v) is 3.02. The van der Waals surface area contributed by atoms with Gasteiger partial charge in [0.2, 0.25) is 0 Å². The Kier molecular flexibility index (Phi) is 3.27. The van der Waals surface area contributed by atoms with E-state index in [0.717, 1.165) is 6.07 Å². The Morgan fingerprint density at radius 2 is 2.07 bits per heavy atom. The quantitative estimate of drug-likeness (QED) is 0.422. The van der Waals surface area contributed by atoms with Crippen molar-refractivity contribution >= 4 is 5.69 Å². The summed E-state index contributed by atoms with van der Waals surface area (Å²) in [5.74, 6) is -1.02. The second kappa shape index (κ2) is 4.26. The minimum atomic E-state index is -0.678. The molecule has 0 saturated carbocycles. The summed E-state index contributed by atoms with van der Waals surface area (Å²) in [5.41, 5.74) is 10.9. The number of nitrogens with two attached hydrogens (primary N) is 2. The summed E-state index contributed by atoms with van der Waals surface area (Å²) in [6.45, 7) is -0.0993. The van der Waals surface area contributed by atoms with Crippen molar-refractivity contribution in [3.05, 3.63) is 23.5 Å². The average Bonchev–Trinajstić information content (AvgIpc) is 2.15. The summed E-state index contributed by atoms with van der Waals surface area (Å²) in [4.78, 5) is 0. The Balaban J connectivity index is 3.04. The predicted molar refractivity (Wildman–Crippen MR) is 51.1 cm³/mol. The number of phenolic OH excluding ortho intramolecular Hbond substituents is 1. The number of anilines is 1. The fraction of sp³-hybridized carbons (Fsp3) is 0.333. The van der Waals surface area contributed by atoms with Crippen LogP contribution in [0.15, 0.2) is 12.1 Å². The molecule has 78 valence electrons. The number of halogens is 1. The number of aliphatic hydroxyl groups is 1. The minimum Gasteiger partial charge on any atom is -0.505 e. The molecule has 0 aliphatic carbocycles. The number of hydrogen-bond donors (Lipinski definition) is 4. The molecule has 0 aromatic heterocycles. The number of aromatic hydroxyl groups is 1. The zero-order chi connectivity index (χ0) is 10.7. The fourth-order valence-electron chi connectivity index (χ4n) is 1.19. The SMILES string of the molecule is Nc1c(F)ccc([C@@H](N)CCO)c1O. The van der Waals surface area contributed by atoms with Crippen LogP contribution in [0.1, 0.15) is 18.0 Å². The van der Waals surface area contributed by atoms with Crippen molar-refractivity contribution < 1.29 is 14.6 Å². The summed E-state index contributed by atoms with van der Waals surface area (Å²) in [5, 5.41) is 18.1. The lowest BCUT2D eigenvalue weighted by Gasteiger charge is -2.13. The highest BCUT2D eigenvalue weighted by atomic mass is 19.1. The van der Waals surface area contributed by atoms with Crippen molar-refractivity contribution in [1.29, 1.82) is 0 Å². The molecular formula is C9H13FN2O2. The first-order valence-electron chi connectivity index (χ1n) is 4.21. The Hall–Kier alpha value is -1.33. The number of nitrogen functional groups attached to an aromatic ring is 1. The van der Waals surface area contributed by atoms with Crippen LogP contribution >= 0.6 is 0 Å². The van der Waals surface area contributed by atoms with Crippen LogP contribution in [0.25, 0.3) is 0 Å². The third-order valence-electron chi connectivity index (χ3n) is 2.03. The third-order valence-corrected chi connectivity index (χ3v) is 2.03. The van der Waals surface area contributed by atoms with Crippen molar-refractivity contribution in [3.63, 3.8) is 0 Å². The van der Waals surface area contributed by atoms with Crippen LogP contribution in [0.2, 0.25) is 0 Å². The Labute approximate surface area is 81.0 Å². The molecule has 0 unspecified atom stereocenters. The molecule has 0 aliphatic rings. The van der Waals surface area contributed by atoms with Crippen LogP contribution in [0.5, 0.6) is 5.75 Å². The summed E-state index contributed by atoms with van der Waals surface area (Å²) in [6, 6.07) is 1.96. The van der Waals surface area contributed by atoms with Gasteiger partial charge in [0.05, 0.1) is 0 Å². The molecule has 6 N–H and O–H groups in total. The van der Waals surface area contributed by atoms with Crippen LogP contribution < -0.4 is 11.5 Å². The van der Waals surface area contributed by atoms with Crippen LogP contribution in [-0.4, -0.2) is 16.8 Å². The molecule has 1 atom stereocenters. The topological polar surface area (TPSA) is 92.5 Å². The van der Waals surface area contributed by atoms with Crippen LogP contribution in [-0.2, 0) is 0 Å². The van der Waals surface area contributed by atoms with E-state index in [1.807, 2.05) is 0 Å². The lowest BCUT2D eigenvalue weighted by molar-refractivity contribution is 0.275. The van der Waals surface area contributed by atoms with Crippen molar-refractivity contribution in [2.75, 3.05) is 12.3 Å². The van der Waals surface area contributed by atoms with Crippen molar-refractivity contribution in [2.45, 2.75) is 12.5 Å². The van der Waals surface area contributed by atoms with Gasteiger partial charge in [-0.15, -0.1) is 0 Å². The molecule has 0 fully saturated rings. The van der Waals surface area contributed by atoms with Crippen LogP contribution in [0, 0.1) is 5.82 Å². The van der Waals surface area contributed by atoms with E-state index in [-0.39, 0.29) is 18.0 Å². The van der Waals surface area contributed by atoms with Crippen LogP contribution in [0.3, 0.4) is 0 Å². The molecule has 0 amide bonds. The summed E-state index contributed by atoms with van der Waals surface area (Å²) >= 11 is 0. The smallest absolute Gasteiger partial charge is 0.149 e. The Morgan fingerprint density at radius 1 is 1.43 bits per heavy atom. The van der Waals surface area contributed by atoms with E-state index in [9.17, 15) is 9.50 Å². The summed E-state index contributed by atoms with van der Waals surface area (Å²) in [7, 11) is 0. The minimum absolute atomic E-state index is 0.0993. The lowest BCUT2D eigenvalue weighted by atomic mass is 10.0. The van der Waals surface area contributed by atoms with Crippen molar-refractivity contribution in [3.8, 4) is 5.75 Å². The van der Waals surface area contributed by atoms with Gasteiger partial charge in [0.15, 0.2) is 0 Å². The van der Waals surface area contributed by atoms with Gasteiger partial charge in [-0.2, -0.15) is 0 Å². The van der Waals surface area contributed by atoms with E-state index in [2.05, 4.69) is 0 Å². The highest BCUT2D eigenvalue weighted by Crippen LogP contribution is 2.31. The third kappa shape index (κ3) is 1.94. The first kappa shape index (κ1) is 10.7. The molecule has 1 aromatic carbocycles. The number of phenols is 1. The highest BCUT2D eigenvalue weighted by Gasteiger charge is 2.14. The number of rotatable bonds is 3. The van der Waals surface area contributed by atoms with Gasteiger partial charge in [-0.1, -0.05) is 6.07 Å². The maximum Gasteiger partial charge on any atom is 0.149 e. The highest BCUT2D eigenvalue weighted by molar-refractivity contribution is 5.57. The van der Waals surface area contributed by atoms with Crippen LogP contribution in [0.4, 0.5) is 10.1 Å². The Morgan fingerprint density at radius 3 is 2.64 bits per heavy atom. The molecule has 0 aliphatic heterocycles. The van der Waals surface area contributed by atoms with Gasteiger partial charge in [0.1, 0.15) is 17.3 Å². The number of hydrogen-bond acceptors (Lipinski definition) is 4. The molecule has 0 spiro atoms. The normalized spacial score (nSPS) is 12.8. The van der Waals surface area contributed by atoms with E-state index >= 15 is 0 Å². The van der Waals surface area contributed by atoms with E-state index in [1.54, 1.807) is 0 Å². The van der Waals surface area contributed by atoms with Gasteiger partial charge < -0.3 is 21.7 Å². The molecule has 0 radical (unpaired) electrons. The number of benzene rings is 1. The van der Waals surface area contributed by atoms with E-state index in [4.69, 9.17) is 16.6 Å². The predicted octanol–water partition coefficient (Wildman–Crippen LogP) is 0.496. The van der Waals surface area contributed by atoms with Gasteiger partial charge in [-0.25, -0.2) is 4.39 Å². The molecule has 1 aromatic rings. The van der Waals surface area contributed by atoms with Gasteiger partial charge in [-0.3, -0.25) is 0 Å². The van der Waals surface area contributed by atoms with E-state index in [1.165, 1.54) is 6.07 Å². The summed E-state index contributed by atoms with van der Waals surface area (Å²) < 4.78 is 12.8. The Bertz CT molecular complexity index is 331. The molecule has 1 rings (SSSR count). The second-order valence-electron chi connectivity index (χ2n) is 3.02. The molecule has 14 heavy (non-hydrogen) atoms. The fourth-order valence-corrected chi connectivity index (χ4v) is 1.19. The first-order chi connectivity index (χ1) is 6.57. The lowest BCUT2D eigenvalue weighted by Crippen LogP contribution is -2.13. The van der Waals surface area contributed by atoms with Gasteiger partial charge >= 0.3 is 0 Å². The van der Waals surface area contributed by atoms with E-state index in [0.29, 0.717) is 12.0 Å². The zero-order valence-electron chi connectivity index (χ0n) is 7.57. The standard InChI is InChI=1S/C9H13FN2O2/c10-6-2-1-5(7(11)3-4-13)9(14)8(6)12/h1-2,7,13-14H,3-4,11-12H2/t7-/m0/s1. The average molecular weight is 200 g/mol. The van der Waals surface area contributed by atoms with Gasteiger partial charge in [0.25, 0.3) is 0 Å². The maximum absolute atomic E-state index is 12.8. The molecule has 0 saturated heterocycles. The zero-order valence-corrected chi connectivity index (χ0v) is 7.57.